The number of anilines is 1. The molecule has 4 aliphatic rings. The number of aliphatic hydroxyl groups is 1. The van der Waals surface area contributed by atoms with Gasteiger partial charge in [-0.2, -0.15) is 0 Å². The zero-order chi connectivity index (χ0) is 16.6. The molecule has 3 aromatic carbocycles. The van der Waals surface area contributed by atoms with Crippen molar-refractivity contribution in [2.24, 2.45) is 11.8 Å². The van der Waals surface area contributed by atoms with Gasteiger partial charge < -0.3 is 10.4 Å². The van der Waals surface area contributed by atoms with E-state index in [0.717, 1.165) is 25.7 Å². The molecule has 2 unspecified atom stereocenters. The first-order valence-electron chi connectivity index (χ1n) is 9.57. The van der Waals surface area contributed by atoms with Gasteiger partial charge in [0.25, 0.3) is 0 Å². The van der Waals surface area contributed by atoms with Crippen LogP contribution in [0.15, 0.2) is 54.6 Å². The number of benzene rings is 3. The summed E-state index contributed by atoms with van der Waals surface area (Å²) in [6.45, 7) is 0. The van der Waals surface area contributed by atoms with Gasteiger partial charge in [0.1, 0.15) is 0 Å². The smallest absolute Gasteiger partial charge is 0.0881 e. The van der Waals surface area contributed by atoms with E-state index in [4.69, 9.17) is 0 Å². The molecule has 2 atom stereocenters. The average Bonchev–Trinajstić information content (AvgIpc) is 2.91. The molecule has 0 saturated heterocycles. The first-order valence-corrected chi connectivity index (χ1v) is 9.57. The van der Waals surface area contributed by atoms with Crippen LogP contribution in [0.5, 0.6) is 0 Å². The fraction of sp³-hybridized carbons (Fsp3) is 0.391. The van der Waals surface area contributed by atoms with Crippen molar-refractivity contribution in [3.05, 3.63) is 54.6 Å². The third-order valence-electron chi connectivity index (χ3n) is 7.22. The summed E-state index contributed by atoms with van der Waals surface area (Å²) in [5.41, 5.74) is 0.571. The quantitative estimate of drug-likeness (QED) is 0.641. The van der Waals surface area contributed by atoms with Crippen LogP contribution in [0.2, 0.25) is 0 Å². The number of hydrogen-bond acceptors (Lipinski definition) is 2. The van der Waals surface area contributed by atoms with Gasteiger partial charge in [0, 0.05) is 10.8 Å². The van der Waals surface area contributed by atoms with Gasteiger partial charge in [-0.25, -0.2) is 0 Å². The first-order chi connectivity index (χ1) is 12.2. The van der Waals surface area contributed by atoms with Crippen LogP contribution < -0.4 is 5.32 Å². The summed E-state index contributed by atoms with van der Waals surface area (Å²) in [6.07, 6.45) is 5.54. The van der Waals surface area contributed by atoms with E-state index in [2.05, 4.69) is 59.9 Å². The first kappa shape index (κ1) is 14.1. The second-order valence-corrected chi connectivity index (χ2v) is 8.72. The van der Waals surface area contributed by atoms with Crippen molar-refractivity contribution in [2.45, 2.75) is 43.2 Å². The SMILES string of the molecule is OC12CC3CC(C1)CC2(Nc1c2ccccc2cc2ccccc12)C3. The Labute approximate surface area is 147 Å². The van der Waals surface area contributed by atoms with E-state index in [1.807, 2.05) is 0 Å². The van der Waals surface area contributed by atoms with Gasteiger partial charge >= 0.3 is 0 Å². The highest BCUT2D eigenvalue weighted by Crippen LogP contribution is 2.64. The Kier molecular flexibility index (Phi) is 2.58. The summed E-state index contributed by atoms with van der Waals surface area (Å²) >= 11 is 0. The Bertz CT molecular complexity index is 939. The van der Waals surface area contributed by atoms with Crippen molar-refractivity contribution in [1.29, 1.82) is 0 Å². The molecule has 0 amide bonds. The van der Waals surface area contributed by atoms with Crippen LogP contribution in [-0.4, -0.2) is 16.2 Å². The lowest BCUT2D eigenvalue weighted by atomic mass is 9.80. The van der Waals surface area contributed by atoms with E-state index in [-0.39, 0.29) is 5.54 Å². The third kappa shape index (κ3) is 1.78. The molecule has 2 heteroatoms. The standard InChI is InChI=1S/C23H23NO/c25-23-13-15-9-16(14-23)12-22(23,11-15)24-21-19-7-3-1-5-17(19)10-18-6-2-4-8-20(18)21/h1-8,10,15-16,24-25H,9,11-14H2. The number of nitrogens with one attached hydrogen (secondary N) is 1. The molecule has 0 spiro atoms. The normalized spacial score (nSPS) is 35.7. The highest BCUT2D eigenvalue weighted by molar-refractivity contribution is 6.11. The van der Waals surface area contributed by atoms with E-state index in [1.54, 1.807) is 0 Å². The molecule has 3 aromatic rings. The molecule has 0 aliphatic heterocycles. The van der Waals surface area contributed by atoms with Crippen LogP contribution in [0.1, 0.15) is 32.1 Å². The van der Waals surface area contributed by atoms with Gasteiger partial charge in [-0.05, 0) is 60.8 Å². The third-order valence-corrected chi connectivity index (χ3v) is 7.22. The Morgan fingerprint density at radius 2 is 1.36 bits per heavy atom. The molecule has 25 heavy (non-hydrogen) atoms. The zero-order valence-electron chi connectivity index (χ0n) is 14.3. The molecule has 4 saturated carbocycles. The van der Waals surface area contributed by atoms with Crippen LogP contribution in [0.25, 0.3) is 21.5 Å². The van der Waals surface area contributed by atoms with Gasteiger partial charge in [-0.1, -0.05) is 48.5 Å². The lowest BCUT2D eigenvalue weighted by molar-refractivity contribution is 0.00508. The molecule has 4 aliphatic carbocycles. The summed E-state index contributed by atoms with van der Waals surface area (Å²) in [4.78, 5) is 0. The predicted octanol–water partition coefficient (Wildman–Crippen LogP) is 5.10. The topological polar surface area (TPSA) is 32.3 Å². The molecule has 7 rings (SSSR count). The minimum atomic E-state index is -0.515. The molecule has 126 valence electrons. The highest BCUT2D eigenvalue weighted by Gasteiger charge is 2.66. The zero-order valence-corrected chi connectivity index (χ0v) is 14.3. The molecular formula is C23H23NO. The van der Waals surface area contributed by atoms with Crippen molar-refractivity contribution >= 4 is 27.2 Å². The van der Waals surface area contributed by atoms with Gasteiger partial charge in [-0.3, -0.25) is 0 Å². The Balaban J connectivity index is 1.59. The molecule has 4 bridgehead atoms. The molecular weight excluding hydrogens is 306 g/mol. The Hall–Kier alpha value is -2.06. The summed E-state index contributed by atoms with van der Waals surface area (Å²) < 4.78 is 0. The molecule has 0 aromatic heterocycles. The van der Waals surface area contributed by atoms with Gasteiger partial charge in [0.15, 0.2) is 0 Å². The van der Waals surface area contributed by atoms with E-state index in [0.29, 0.717) is 11.8 Å². The van der Waals surface area contributed by atoms with Crippen LogP contribution in [0.4, 0.5) is 5.69 Å². The summed E-state index contributed by atoms with van der Waals surface area (Å²) in [5.74, 6) is 1.40. The van der Waals surface area contributed by atoms with Crippen LogP contribution in [-0.2, 0) is 0 Å². The van der Waals surface area contributed by atoms with Crippen molar-refractivity contribution in [3.8, 4) is 0 Å². The van der Waals surface area contributed by atoms with E-state index in [1.165, 1.54) is 33.7 Å². The summed E-state index contributed by atoms with van der Waals surface area (Å²) in [6, 6.07) is 19.5. The van der Waals surface area contributed by atoms with Crippen molar-refractivity contribution in [1.82, 2.24) is 0 Å². The molecule has 2 N–H and O–H groups in total. The van der Waals surface area contributed by atoms with E-state index >= 15 is 0 Å². The summed E-state index contributed by atoms with van der Waals surface area (Å²) in [5, 5.41) is 20.5. The number of hydrogen-bond donors (Lipinski definition) is 2. The van der Waals surface area contributed by atoms with Crippen molar-refractivity contribution in [3.63, 3.8) is 0 Å². The van der Waals surface area contributed by atoms with Crippen molar-refractivity contribution < 1.29 is 5.11 Å². The fourth-order valence-electron chi connectivity index (χ4n) is 6.43. The maximum Gasteiger partial charge on any atom is 0.0881 e. The lowest BCUT2D eigenvalue weighted by Crippen LogP contribution is -2.51. The van der Waals surface area contributed by atoms with E-state index < -0.39 is 5.60 Å². The maximum atomic E-state index is 11.4. The maximum absolute atomic E-state index is 11.4. The highest BCUT2D eigenvalue weighted by atomic mass is 16.3. The Morgan fingerprint density at radius 3 is 1.96 bits per heavy atom. The molecule has 2 nitrogen and oxygen atoms in total. The lowest BCUT2D eigenvalue weighted by Gasteiger charge is -2.39. The van der Waals surface area contributed by atoms with E-state index in [9.17, 15) is 5.11 Å². The second-order valence-electron chi connectivity index (χ2n) is 8.72. The largest absolute Gasteiger partial charge is 0.387 e. The van der Waals surface area contributed by atoms with Gasteiger partial charge in [-0.15, -0.1) is 0 Å². The van der Waals surface area contributed by atoms with Gasteiger partial charge in [0.05, 0.1) is 16.8 Å². The predicted molar refractivity (Wildman–Crippen MR) is 103 cm³/mol. The average molecular weight is 329 g/mol. The van der Waals surface area contributed by atoms with Gasteiger partial charge in [0.2, 0.25) is 0 Å². The molecule has 4 fully saturated rings. The fourth-order valence-corrected chi connectivity index (χ4v) is 6.43. The minimum Gasteiger partial charge on any atom is -0.387 e. The number of fused-ring (bicyclic) bond motifs is 2. The number of rotatable bonds is 2. The monoisotopic (exact) mass is 329 g/mol. The minimum absolute atomic E-state index is 0.131. The van der Waals surface area contributed by atoms with Crippen molar-refractivity contribution in [2.75, 3.05) is 5.32 Å². The molecule has 0 radical (unpaired) electrons. The van der Waals surface area contributed by atoms with Crippen LogP contribution in [0, 0.1) is 11.8 Å². The molecule has 0 heterocycles. The summed E-state index contributed by atoms with van der Waals surface area (Å²) in [7, 11) is 0. The Morgan fingerprint density at radius 1 is 0.800 bits per heavy atom. The second kappa shape index (κ2) is 4.56. The van der Waals surface area contributed by atoms with Crippen LogP contribution in [0.3, 0.4) is 0 Å². The van der Waals surface area contributed by atoms with Crippen LogP contribution >= 0.6 is 0 Å².